The van der Waals surface area contributed by atoms with Crippen molar-refractivity contribution < 1.29 is 4.74 Å². The minimum atomic E-state index is 0.742. The third-order valence-electron chi connectivity index (χ3n) is 6.59. The molecule has 3 fully saturated rings. The highest BCUT2D eigenvalue weighted by molar-refractivity contribution is 5.45. The first-order valence-corrected chi connectivity index (χ1v) is 10.8. The van der Waals surface area contributed by atoms with Crippen LogP contribution in [0.1, 0.15) is 11.4 Å². The number of aryl methyl sites for hydroxylation is 2. The molecule has 5 heterocycles. The molecule has 3 aliphatic rings. The van der Waals surface area contributed by atoms with E-state index in [0.717, 1.165) is 74.3 Å². The number of rotatable bonds is 5. The largest absolute Gasteiger partial charge is 0.379 e. The molecule has 0 radical (unpaired) electrons. The predicted molar refractivity (Wildman–Crippen MR) is 112 cm³/mol. The third-order valence-corrected chi connectivity index (χ3v) is 6.59. The molecule has 2 aromatic heterocycles. The van der Waals surface area contributed by atoms with E-state index in [1.165, 1.54) is 26.2 Å². The molecule has 2 aromatic rings. The smallest absolute Gasteiger partial charge is 0.159 e. The van der Waals surface area contributed by atoms with Gasteiger partial charge in [0, 0.05) is 64.1 Å². The number of hydrogen-bond donors (Lipinski definition) is 0. The Morgan fingerprint density at radius 2 is 1.59 bits per heavy atom. The van der Waals surface area contributed by atoms with Crippen LogP contribution in [-0.4, -0.2) is 95.1 Å². The van der Waals surface area contributed by atoms with Gasteiger partial charge in [0.05, 0.1) is 18.9 Å². The van der Waals surface area contributed by atoms with E-state index < -0.39 is 0 Å². The lowest BCUT2D eigenvalue weighted by Crippen LogP contribution is -2.41. The van der Waals surface area contributed by atoms with Gasteiger partial charge in [-0.05, 0) is 31.7 Å². The molecule has 8 nitrogen and oxygen atoms in total. The molecule has 0 saturated carbocycles. The molecular weight excluding hydrogens is 366 g/mol. The summed E-state index contributed by atoms with van der Waals surface area (Å²) in [6.45, 7) is 15.0. The van der Waals surface area contributed by atoms with Gasteiger partial charge in [0.15, 0.2) is 5.82 Å². The van der Waals surface area contributed by atoms with Gasteiger partial charge in [-0.3, -0.25) is 4.90 Å². The van der Waals surface area contributed by atoms with Gasteiger partial charge in [-0.1, -0.05) is 0 Å². The van der Waals surface area contributed by atoms with Crippen LogP contribution in [0.3, 0.4) is 0 Å². The number of hydrogen-bond acceptors (Lipinski definition) is 7. The first-order valence-electron chi connectivity index (χ1n) is 10.8. The topological polar surface area (TPSA) is 62.6 Å². The molecule has 0 bridgehead atoms. The number of ether oxygens (including phenoxy) is 1. The van der Waals surface area contributed by atoms with E-state index in [9.17, 15) is 0 Å². The van der Waals surface area contributed by atoms with E-state index in [-0.39, 0.29) is 0 Å². The van der Waals surface area contributed by atoms with E-state index >= 15 is 0 Å². The molecule has 0 N–H and O–H groups in total. The highest BCUT2D eigenvalue weighted by Gasteiger charge is 2.40. The maximum Gasteiger partial charge on any atom is 0.159 e. The molecule has 29 heavy (non-hydrogen) atoms. The van der Waals surface area contributed by atoms with Crippen molar-refractivity contribution in [2.45, 2.75) is 13.8 Å². The van der Waals surface area contributed by atoms with Gasteiger partial charge in [-0.2, -0.15) is 5.10 Å². The van der Waals surface area contributed by atoms with Gasteiger partial charge in [-0.25, -0.2) is 14.6 Å². The van der Waals surface area contributed by atoms with Crippen molar-refractivity contribution in [3.8, 4) is 5.82 Å². The minimum Gasteiger partial charge on any atom is -0.379 e. The summed E-state index contributed by atoms with van der Waals surface area (Å²) in [5.41, 5.74) is 2.11. The van der Waals surface area contributed by atoms with Crippen LogP contribution in [0, 0.1) is 25.7 Å². The monoisotopic (exact) mass is 397 g/mol. The molecule has 0 spiro atoms. The zero-order valence-electron chi connectivity index (χ0n) is 17.5. The Hall–Kier alpha value is -2.03. The van der Waals surface area contributed by atoms with E-state index in [2.05, 4.69) is 48.8 Å². The molecule has 2 unspecified atom stereocenters. The van der Waals surface area contributed by atoms with E-state index in [0.29, 0.717) is 0 Å². The standard InChI is InChI=1S/C21H31N7O/c1-16-9-17(2)28(24-16)21-10-20(22-15-23-21)27-13-18-11-26(12-19(18)14-27)4-3-25-5-7-29-8-6-25/h9-10,15,18-19H,3-8,11-14H2,1-2H3. The maximum atomic E-state index is 5.45. The van der Waals surface area contributed by atoms with Crippen molar-refractivity contribution in [3.05, 3.63) is 29.8 Å². The fourth-order valence-corrected chi connectivity index (χ4v) is 5.05. The van der Waals surface area contributed by atoms with Gasteiger partial charge < -0.3 is 14.5 Å². The first-order chi connectivity index (χ1) is 14.2. The second kappa shape index (κ2) is 8.01. The van der Waals surface area contributed by atoms with Crippen molar-refractivity contribution in [2.24, 2.45) is 11.8 Å². The second-order valence-corrected chi connectivity index (χ2v) is 8.71. The van der Waals surface area contributed by atoms with Crippen LogP contribution in [0.15, 0.2) is 18.5 Å². The fraction of sp³-hybridized carbons (Fsp3) is 0.667. The van der Waals surface area contributed by atoms with E-state index in [1.807, 2.05) is 11.6 Å². The summed E-state index contributed by atoms with van der Waals surface area (Å²) in [4.78, 5) is 16.6. The number of likely N-dealkylation sites (tertiary alicyclic amines) is 1. The van der Waals surface area contributed by atoms with Crippen LogP contribution in [0.4, 0.5) is 5.82 Å². The lowest BCUT2D eigenvalue weighted by Gasteiger charge is -2.29. The molecule has 0 aliphatic carbocycles. The van der Waals surface area contributed by atoms with Gasteiger partial charge in [0.2, 0.25) is 0 Å². The van der Waals surface area contributed by atoms with Gasteiger partial charge in [-0.15, -0.1) is 0 Å². The van der Waals surface area contributed by atoms with Crippen LogP contribution < -0.4 is 4.90 Å². The molecule has 2 atom stereocenters. The van der Waals surface area contributed by atoms with Gasteiger partial charge in [0.25, 0.3) is 0 Å². The van der Waals surface area contributed by atoms with Crippen LogP contribution in [0.25, 0.3) is 5.82 Å². The number of aromatic nitrogens is 4. The zero-order valence-corrected chi connectivity index (χ0v) is 17.5. The third kappa shape index (κ3) is 4.01. The molecule has 156 valence electrons. The lowest BCUT2D eigenvalue weighted by molar-refractivity contribution is 0.0341. The number of morpholine rings is 1. The highest BCUT2D eigenvalue weighted by Crippen LogP contribution is 2.33. The van der Waals surface area contributed by atoms with Gasteiger partial charge >= 0.3 is 0 Å². The second-order valence-electron chi connectivity index (χ2n) is 8.71. The highest BCUT2D eigenvalue weighted by atomic mass is 16.5. The average Bonchev–Trinajstić information content (AvgIpc) is 3.40. The van der Waals surface area contributed by atoms with Crippen molar-refractivity contribution in [3.63, 3.8) is 0 Å². The molecular formula is C21H31N7O. The van der Waals surface area contributed by atoms with Crippen LogP contribution in [0.2, 0.25) is 0 Å². The summed E-state index contributed by atoms with van der Waals surface area (Å²) in [7, 11) is 0. The maximum absolute atomic E-state index is 5.45. The Kier molecular flexibility index (Phi) is 5.24. The van der Waals surface area contributed by atoms with Crippen LogP contribution in [-0.2, 0) is 4.74 Å². The summed E-state index contributed by atoms with van der Waals surface area (Å²) in [5.74, 6) is 3.36. The molecule has 5 rings (SSSR count). The normalized spacial score (nSPS) is 25.7. The molecule has 3 saturated heterocycles. The predicted octanol–water partition coefficient (Wildman–Crippen LogP) is 0.979. The van der Waals surface area contributed by atoms with Crippen molar-refractivity contribution in [1.82, 2.24) is 29.5 Å². The number of nitrogens with zero attached hydrogens (tertiary/aromatic N) is 7. The number of fused-ring (bicyclic) bond motifs is 1. The first kappa shape index (κ1) is 19.0. The summed E-state index contributed by atoms with van der Waals surface area (Å²) in [6.07, 6.45) is 1.67. The van der Waals surface area contributed by atoms with Gasteiger partial charge in [0.1, 0.15) is 12.1 Å². The Bertz CT molecular complexity index is 833. The minimum absolute atomic E-state index is 0.742. The summed E-state index contributed by atoms with van der Waals surface area (Å²) in [6, 6.07) is 4.16. The molecule has 8 heteroatoms. The molecule has 0 amide bonds. The zero-order chi connectivity index (χ0) is 19.8. The molecule has 0 aromatic carbocycles. The Morgan fingerprint density at radius 1 is 0.897 bits per heavy atom. The van der Waals surface area contributed by atoms with Crippen LogP contribution in [0.5, 0.6) is 0 Å². The van der Waals surface area contributed by atoms with Crippen molar-refractivity contribution in [2.75, 3.05) is 70.5 Å². The summed E-state index contributed by atoms with van der Waals surface area (Å²) >= 11 is 0. The summed E-state index contributed by atoms with van der Waals surface area (Å²) < 4.78 is 7.36. The Morgan fingerprint density at radius 3 is 2.28 bits per heavy atom. The Balaban J connectivity index is 1.18. The SMILES string of the molecule is Cc1cc(C)n(-c2cc(N3CC4CN(CCN5CCOCC5)CC4C3)ncn2)n1. The van der Waals surface area contributed by atoms with E-state index in [4.69, 9.17) is 4.74 Å². The van der Waals surface area contributed by atoms with Crippen molar-refractivity contribution >= 4 is 5.82 Å². The van der Waals surface area contributed by atoms with E-state index in [1.54, 1.807) is 6.33 Å². The Labute approximate surface area is 172 Å². The summed E-state index contributed by atoms with van der Waals surface area (Å²) in [5, 5.41) is 4.56. The van der Waals surface area contributed by atoms with Crippen molar-refractivity contribution in [1.29, 1.82) is 0 Å². The average molecular weight is 398 g/mol. The van der Waals surface area contributed by atoms with Crippen LogP contribution >= 0.6 is 0 Å². The molecule has 3 aliphatic heterocycles. The fourth-order valence-electron chi connectivity index (χ4n) is 5.05. The quantitative estimate of drug-likeness (QED) is 0.745. The lowest BCUT2D eigenvalue weighted by atomic mass is 10.0. The number of anilines is 1.